The predicted octanol–water partition coefficient (Wildman–Crippen LogP) is 3.88. The lowest BCUT2D eigenvalue weighted by Gasteiger charge is -2.11. The average molecular weight is 379 g/mol. The molecule has 0 aliphatic heterocycles. The Kier molecular flexibility index (Phi) is 6.11. The number of benzene rings is 2. The van der Waals surface area contributed by atoms with E-state index < -0.39 is 11.9 Å². The summed E-state index contributed by atoms with van der Waals surface area (Å²) >= 11 is 0. The zero-order valence-corrected chi connectivity index (χ0v) is 15.7. The molecule has 6 heteroatoms. The normalized spacial score (nSPS) is 12.1. The van der Waals surface area contributed by atoms with Gasteiger partial charge in [-0.15, -0.1) is 0 Å². The number of hydrogen-bond donors (Lipinski definition) is 1. The largest absolute Gasteiger partial charge is 0.497 e. The van der Waals surface area contributed by atoms with E-state index in [-0.39, 0.29) is 12.6 Å². The number of ether oxygens (including phenoxy) is 2. The summed E-state index contributed by atoms with van der Waals surface area (Å²) in [5, 5.41) is 4.77. The molecule has 6 nitrogen and oxygen atoms in total. The van der Waals surface area contributed by atoms with Gasteiger partial charge in [0.15, 0.2) is 6.61 Å². The minimum absolute atomic E-state index is 0.298. The first-order chi connectivity index (χ1) is 13.5. The van der Waals surface area contributed by atoms with Gasteiger partial charge in [-0.2, -0.15) is 0 Å². The van der Waals surface area contributed by atoms with Crippen LogP contribution < -0.4 is 10.1 Å². The first-order valence-electron chi connectivity index (χ1n) is 8.80. The number of carbonyl (C=O) groups is 2. The van der Waals surface area contributed by atoms with Gasteiger partial charge in [0.05, 0.1) is 19.4 Å². The van der Waals surface area contributed by atoms with E-state index in [0.29, 0.717) is 5.76 Å². The van der Waals surface area contributed by atoms with Gasteiger partial charge < -0.3 is 19.2 Å². The Hall–Kier alpha value is -3.54. The zero-order valence-electron chi connectivity index (χ0n) is 15.7. The Balaban J connectivity index is 1.52. The van der Waals surface area contributed by atoms with Crippen LogP contribution in [-0.4, -0.2) is 25.6 Å². The Labute approximate surface area is 162 Å². The Bertz CT molecular complexity index is 991. The first-order valence-corrected chi connectivity index (χ1v) is 8.80. The fourth-order valence-corrected chi connectivity index (χ4v) is 2.71. The lowest BCUT2D eigenvalue weighted by Crippen LogP contribution is -2.30. The average Bonchev–Trinajstić information content (AvgIpc) is 3.25. The third kappa shape index (κ3) is 5.01. The van der Waals surface area contributed by atoms with E-state index >= 15 is 0 Å². The molecule has 1 N–H and O–H groups in total. The monoisotopic (exact) mass is 379 g/mol. The number of carbonyl (C=O) groups excluding carboxylic acids is 2. The van der Waals surface area contributed by atoms with Crippen LogP contribution in [0.5, 0.6) is 5.75 Å². The number of furan rings is 1. The van der Waals surface area contributed by atoms with Gasteiger partial charge in [0.2, 0.25) is 0 Å². The van der Waals surface area contributed by atoms with Crippen LogP contribution in [-0.2, 0) is 14.3 Å². The van der Waals surface area contributed by atoms with Gasteiger partial charge in [-0.1, -0.05) is 18.2 Å². The van der Waals surface area contributed by atoms with Gasteiger partial charge in [-0.3, -0.25) is 4.79 Å². The molecule has 0 bridgehead atoms. The highest BCUT2D eigenvalue weighted by Crippen LogP contribution is 2.22. The standard InChI is InChI=1S/C22H21NO5/c1-15(20-4-3-11-27-20)23-21(24)14-28-22(25)10-6-16-5-7-18-13-19(26-2)9-8-17(18)12-16/h3-13,15H,14H2,1-2H3,(H,23,24)/b10-6+/t15-/m1/s1. The second kappa shape index (κ2) is 8.90. The molecule has 1 heterocycles. The number of rotatable bonds is 7. The van der Waals surface area contributed by atoms with Crippen LogP contribution in [0.3, 0.4) is 0 Å². The molecule has 0 spiro atoms. The second-order valence-corrected chi connectivity index (χ2v) is 6.22. The van der Waals surface area contributed by atoms with Crippen molar-refractivity contribution < 1.29 is 23.5 Å². The van der Waals surface area contributed by atoms with E-state index in [1.54, 1.807) is 32.2 Å². The second-order valence-electron chi connectivity index (χ2n) is 6.22. The lowest BCUT2D eigenvalue weighted by molar-refractivity contribution is -0.144. The van der Waals surface area contributed by atoms with Crippen LogP contribution in [0.1, 0.15) is 24.3 Å². The number of amides is 1. The highest BCUT2D eigenvalue weighted by Gasteiger charge is 2.12. The summed E-state index contributed by atoms with van der Waals surface area (Å²) in [5.41, 5.74) is 0.852. The van der Waals surface area contributed by atoms with Crippen LogP contribution in [0.4, 0.5) is 0 Å². The molecule has 0 fully saturated rings. The van der Waals surface area contributed by atoms with E-state index in [1.807, 2.05) is 36.4 Å². The molecule has 0 saturated heterocycles. The maximum absolute atomic E-state index is 11.9. The Morgan fingerprint density at radius 1 is 1.14 bits per heavy atom. The van der Waals surface area contributed by atoms with Gasteiger partial charge >= 0.3 is 5.97 Å². The molecule has 28 heavy (non-hydrogen) atoms. The van der Waals surface area contributed by atoms with E-state index in [0.717, 1.165) is 22.1 Å². The van der Waals surface area contributed by atoms with Crippen molar-refractivity contribution in [2.24, 2.45) is 0 Å². The molecule has 0 saturated carbocycles. The third-order valence-electron chi connectivity index (χ3n) is 4.18. The summed E-state index contributed by atoms with van der Waals surface area (Å²) in [4.78, 5) is 23.7. The molecule has 3 aromatic rings. The summed E-state index contributed by atoms with van der Waals surface area (Å²) in [6.07, 6.45) is 4.48. The molecule has 1 atom stereocenters. The van der Waals surface area contributed by atoms with Gasteiger partial charge in [0, 0.05) is 6.08 Å². The lowest BCUT2D eigenvalue weighted by atomic mass is 10.1. The van der Waals surface area contributed by atoms with Crippen LogP contribution >= 0.6 is 0 Å². The van der Waals surface area contributed by atoms with Crippen molar-refractivity contribution in [3.8, 4) is 5.75 Å². The number of nitrogens with one attached hydrogen (secondary N) is 1. The predicted molar refractivity (Wildman–Crippen MR) is 106 cm³/mol. The third-order valence-corrected chi connectivity index (χ3v) is 4.18. The number of esters is 1. The van der Waals surface area contributed by atoms with Gasteiger partial charge in [0.1, 0.15) is 11.5 Å². The fraction of sp³-hybridized carbons (Fsp3) is 0.182. The molecule has 2 aromatic carbocycles. The molecule has 1 aromatic heterocycles. The number of hydrogen-bond acceptors (Lipinski definition) is 5. The summed E-state index contributed by atoms with van der Waals surface area (Å²) in [6, 6.07) is 14.8. The minimum Gasteiger partial charge on any atom is -0.497 e. The van der Waals surface area contributed by atoms with Crippen LogP contribution in [0.25, 0.3) is 16.8 Å². The van der Waals surface area contributed by atoms with Crippen molar-refractivity contribution in [2.75, 3.05) is 13.7 Å². The van der Waals surface area contributed by atoms with Crippen molar-refractivity contribution in [2.45, 2.75) is 13.0 Å². The van der Waals surface area contributed by atoms with Crippen molar-refractivity contribution in [3.05, 3.63) is 72.2 Å². The van der Waals surface area contributed by atoms with Crippen LogP contribution in [0.15, 0.2) is 65.3 Å². The molecular weight excluding hydrogens is 358 g/mol. The smallest absolute Gasteiger partial charge is 0.331 e. The molecule has 0 unspecified atom stereocenters. The van der Waals surface area contributed by atoms with E-state index in [4.69, 9.17) is 13.9 Å². The van der Waals surface area contributed by atoms with E-state index in [9.17, 15) is 9.59 Å². The summed E-state index contributed by atoms with van der Waals surface area (Å²) in [5.74, 6) is 0.438. The summed E-state index contributed by atoms with van der Waals surface area (Å²) in [7, 11) is 1.63. The number of methoxy groups -OCH3 is 1. The molecule has 0 aliphatic carbocycles. The van der Waals surface area contributed by atoms with Gasteiger partial charge in [0.25, 0.3) is 5.91 Å². The fourth-order valence-electron chi connectivity index (χ4n) is 2.71. The van der Waals surface area contributed by atoms with Crippen LogP contribution in [0.2, 0.25) is 0 Å². The molecule has 1 amide bonds. The first kappa shape index (κ1) is 19.2. The van der Waals surface area contributed by atoms with Gasteiger partial charge in [-0.05, 0) is 59.7 Å². The summed E-state index contributed by atoms with van der Waals surface area (Å²) < 4.78 is 15.4. The SMILES string of the molecule is COc1ccc2cc(/C=C/C(=O)OCC(=O)N[C@H](C)c3ccco3)ccc2c1. The van der Waals surface area contributed by atoms with Gasteiger partial charge in [-0.25, -0.2) is 4.79 Å². The molecule has 3 rings (SSSR count). The van der Waals surface area contributed by atoms with E-state index in [1.165, 1.54) is 12.3 Å². The summed E-state index contributed by atoms with van der Waals surface area (Å²) in [6.45, 7) is 1.43. The highest BCUT2D eigenvalue weighted by molar-refractivity contribution is 5.91. The Morgan fingerprint density at radius 2 is 1.93 bits per heavy atom. The molecule has 0 radical (unpaired) electrons. The molecular formula is C22H21NO5. The van der Waals surface area contributed by atoms with Crippen LogP contribution in [0, 0.1) is 0 Å². The van der Waals surface area contributed by atoms with E-state index in [2.05, 4.69) is 5.32 Å². The molecule has 144 valence electrons. The topological polar surface area (TPSA) is 77.8 Å². The number of fused-ring (bicyclic) bond motifs is 1. The van der Waals surface area contributed by atoms with Crippen molar-refractivity contribution in [3.63, 3.8) is 0 Å². The van der Waals surface area contributed by atoms with Crippen molar-refractivity contribution in [1.29, 1.82) is 0 Å². The molecule has 0 aliphatic rings. The maximum atomic E-state index is 11.9. The van der Waals surface area contributed by atoms with Crippen molar-refractivity contribution in [1.82, 2.24) is 5.32 Å². The quantitative estimate of drug-likeness (QED) is 0.498. The zero-order chi connectivity index (χ0) is 19.9. The maximum Gasteiger partial charge on any atom is 0.331 e. The van der Waals surface area contributed by atoms with Crippen molar-refractivity contribution >= 4 is 28.7 Å². The minimum atomic E-state index is -0.587. The highest BCUT2D eigenvalue weighted by atomic mass is 16.5. The Morgan fingerprint density at radius 3 is 2.68 bits per heavy atom.